The van der Waals surface area contributed by atoms with E-state index in [1.54, 1.807) is 0 Å². The normalized spacial score (nSPS) is 21.1. The predicted molar refractivity (Wildman–Crippen MR) is 40.6 cm³/mol. The summed E-state index contributed by atoms with van der Waals surface area (Å²) in [7, 11) is 1.23. The molecule has 3 N–H and O–H groups in total. The number of aliphatic hydroxyl groups excluding tert-OH is 3. The molecular formula is C7H14O5. The van der Waals surface area contributed by atoms with Gasteiger partial charge in [0.2, 0.25) is 0 Å². The fraction of sp³-hybridized carbons (Fsp3) is 0.857. The van der Waals surface area contributed by atoms with Crippen LogP contribution in [-0.2, 0) is 9.53 Å². The third-order valence-electron chi connectivity index (χ3n) is 1.59. The fourth-order valence-corrected chi connectivity index (χ4v) is 0.755. The van der Waals surface area contributed by atoms with Crippen LogP contribution in [0.2, 0.25) is 0 Å². The summed E-state index contributed by atoms with van der Waals surface area (Å²) in [6, 6.07) is 0. The van der Waals surface area contributed by atoms with Crippen molar-refractivity contribution in [2.24, 2.45) is 0 Å². The number of carbonyl (C=O) groups excluding carboxylic acids is 1. The highest BCUT2D eigenvalue weighted by Crippen LogP contribution is 2.05. The maximum absolute atomic E-state index is 10.2. The number of rotatable bonds is 5. The topological polar surface area (TPSA) is 87.0 Å². The van der Waals surface area contributed by atoms with Gasteiger partial charge in [-0.2, -0.15) is 0 Å². The minimum atomic E-state index is -1.40. The van der Waals surface area contributed by atoms with Gasteiger partial charge in [-0.1, -0.05) is 0 Å². The first-order valence-corrected chi connectivity index (χ1v) is 3.56. The van der Waals surface area contributed by atoms with E-state index in [0.717, 1.165) is 0 Å². The van der Waals surface area contributed by atoms with E-state index in [2.05, 4.69) is 4.74 Å². The molecule has 12 heavy (non-hydrogen) atoms. The molecule has 0 rings (SSSR count). The van der Waals surface area contributed by atoms with E-state index in [1.165, 1.54) is 14.0 Å². The van der Waals surface area contributed by atoms with Gasteiger partial charge >= 0.3 is 0 Å². The van der Waals surface area contributed by atoms with Crippen LogP contribution in [0.1, 0.15) is 6.92 Å². The largest absolute Gasteiger partial charge is 0.391 e. The van der Waals surface area contributed by atoms with Crippen molar-refractivity contribution >= 4 is 6.29 Å². The first-order valence-electron chi connectivity index (χ1n) is 3.56. The molecule has 4 atom stereocenters. The molecule has 0 aliphatic carbocycles. The molecule has 72 valence electrons. The van der Waals surface area contributed by atoms with Crippen LogP contribution in [0.4, 0.5) is 0 Å². The van der Waals surface area contributed by atoms with Crippen LogP contribution in [0.25, 0.3) is 0 Å². The summed E-state index contributed by atoms with van der Waals surface area (Å²) in [4.78, 5) is 10.2. The highest BCUT2D eigenvalue weighted by atomic mass is 16.5. The number of methoxy groups -OCH3 is 1. The summed E-state index contributed by atoms with van der Waals surface area (Å²) in [6.45, 7) is 1.31. The SMILES string of the molecule is CO[C@@H](C=O)[C@@H](O)[C@H](O)[C@@H](C)O. The molecule has 0 amide bonds. The van der Waals surface area contributed by atoms with Gasteiger partial charge in [-0.05, 0) is 6.92 Å². The van der Waals surface area contributed by atoms with E-state index < -0.39 is 24.4 Å². The van der Waals surface area contributed by atoms with Gasteiger partial charge in [-0.15, -0.1) is 0 Å². The molecule has 0 aromatic heterocycles. The Balaban J connectivity index is 4.14. The average molecular weight is 178 g/mol. The second kappa shape index (κ2) is 5.21. The van der Waals surface area contributed by atoms with Crippen molar-refractivity contribution in [2.45, 2.75) is 31.3 Å². The minimum absolute atomic E-state index is 0.371. The standard InChI is InChI=1S/C7H14O5/c1-4(9)6(10)7(11)5(3-8)12-2/h3-7,9-11H,1-2H3/t4-,5+,6-,7-/m1/s1. The average Bonchev–Trinajstić information content (AvgIpc) is 2.05. The molecule has 0 spiro atoms. The van der Waals surface area contributed by atoms with E-state index in [9.17, 15) is 9.90 Å². The van der Waals surface area contributed by atoms with Gasteiger partial charge in [0, 0.05) is 7.11 Å². The molecule has 0 radical (unpaired) electrons. The van der Waals surface area contributed by atoms with Crippen molar-refractivity contribution in [3.05, 3.63) is 0 Å². The molecule has 0 fully saturated rings. The zero-order valence-electron chi connectivity index (χ0n) is 7.04. The Labute approximate surface area is 70.6 Å². The van der Waals surface area contributed by atoms with Gasteiger partial charge < -0.3 is 24.9 Å². The lowest BCUT2D eigenvalue weighted by molar-refractivity contribution is -0.136. The van der Waals surface area contributed by atoms with Crippen LogP contribution < -0.4 is 0 Å². The van der Waals surface area contributed by atoms with Crippen LogP contribution in [0, 0.1) is 0 Å². The number of ether oxygens (including phenoxy) is 1. The van der Waals surface area contributed by atoms with Gasteiger partial charge in [0.05, 0.1) is 6.10 Å². The Bertz CT molecular complexity index is 136. The smallest absolute Gasteiger partial charge is 0.151 e. The van der Waals surface area contributed by atoms with E-state index in [0.29, 0.717) is 6.29 Å². The Morgan fingerprint density at radius 1 is 1.25 bits per heavy atom. The van der Waals surface area contributed by atoms with Crippen molar-refractivity contribution in [1.82, 2.24) is 0 Å². The Morgan fingerprint density at radius 3 is 2.00 bits per heavy atom. The van der Waals surface area contributed by atoms with Crippen LogP contribution in [0.15, 0.2) is 0 Å². The van der Waals surface area contributed by atoms with E-state index in [-0.39, 0.29) is 0 Å². The van der Waals surface area contributed by atoms with Gasteiger partial charge in [0.15, 0.2) is 6.29 Å². The van der Waals surface area contributed by atoms with Gasteiger partial charge in [0.1, 0.15) is 18.3 Å². The number of aldehydes is 1. The van der Waals surface area contributed by atoms with E-state index in [4.69, 9.17) is 10.2 Å². The number of hydrogen-bond donors (Lipinski definition) is 3. The second-order valence-electron chi connectivity index (χ2n) is 2.56. The quantitative estimate of drug-likeness (QED) is 0.437. The lowest BCUT2D eigenvalue weighted by Gasteiger charge is -2.23. The minimum Gasteiger partial charge on any atom is -0.391 e. The fourth-order valence-electron chi connectivity index (χ4n) is 0.755. The third kappa shape index (κ3) is 2.86. The Hall–Kier alpha value is -0.490. The molecule has 0 aliphatic rings. The monoisotopic (exact) mass is 178 g/mol. The highest BCUT2D eigenvalue weighted by Gasteiger charge is 2.28. The molecular weight excluding hydrogens is 164 g/mol. The van der Waals surface area contributed by atoms with Crippen molar-refractivity contribution in [1.29, 1.82) is 0 Å². The molecule has 0 aromatic rings. The first-order chi connectivity index (χ1) is 5.54. The summed E-state index contributed by atoms with van der Waals surface area (Å²) in [6.07, 6.45) is -4.60. The Morgan fingerprint density at radius 2 is 1.75 bits per heavy atom. The molecule has 5 heteroatoms. The van der Waals surface area contributed by atoms with E-state index >= 15 is 0 Å². The van der Waals surface area contributed by atoms with Gasteiger partial charge in [-0.3, -0.25) is 0 Å². The van der Waals surface area contributed by atoms with Gasteiger partial charge in [-0.25, -0.2) is 0 Å². The van der Waals surface area contributed by atoms with Crippen LogP contribution in [-0.4, -0.2) is 53.1 Å². The van der Waals surface area contributed by atoms with Crippen molar-refractivity contribution in [2.75, 3.05) is 7.11 Å². The molecule has 0 aliphatic heterocycles. The molecule has 0 saturated heterocycles. The summed E-state index contributed by atoms with van der Waals surface area (Å²) < 4.78 is 4.54. The van der Waals surface area contributed by atoms with Crippen LogP contribution in [0.3, 0.4) is 0 Å². The number of aliphatic hydroxyl groups is 3. The number of carbonyl (C=O) groups is 1. The first kappa shape index (κ1) is 11.5. The summed E-state index contributed by atoms with van der Waals surface area (Å²) >= 11 is 0. The highest BCUT2D eigenvalue weighted by molar-refractivity contribution is 5.57. The maximum Gasteiger partial charge on any atom is 0.151 e. The summed E-state index contributed by atoms with van der Waals surface area (Å²) in [5.41, 5.74) is 0. The molecule has 0 unspecified atom stereocenters. The predicted octanol–water partition coefficient (Wildman–Crippen LogP) is -1.70. The lowest BCUT2D eigenvalue weighted by Crippen LogP contribution is -2.44. The summed E-state index contributed by atoms with van der Waals surface area (Å²) in [5, 5.41) is 27.1. The zero-order chi connectivity index (χ0) is 9.72. The van der Waals surface area contributed by atoms with Crippen molar-refractivity contribution in [3.8, 4) is 0 Å². The van der Waals surface area contributed by atoms with Crippen molar-refractivity contribution < 1.29 is 24.9 Å². The summed E-state index contributed by atoms with van der Waals surface area (Å²) in [5.74, 6) is 0. The second-order valence-corrected chi connectivity index (χ2v) is 2.56. The van der Waals surface area contributed by atoms with Crippen LogP contribution >= 0.6 is 0 Å². The molecule has 0 bridgehead atoms. The maximum atomic E-state index is 10.2. The molecule has 0 heterocycles. The van der Waals surface area contributed by atoms with Crippen molar-refractivity contribution in [3.63, 3.8) is 0 Å². The lowest BCUT2D eigenvalue weighted by atomic mass is 10.1. The third-order valence-corrected chi connectivity index (χ3v) is 1.59. The zero-order valence-corrected chi connectivity index (χ0v) is 7.04. The van der Waals surface area contributed by atoms with Gasteiger partial charge in [0.25, 0.3) is 0 Å². The van der Waals surface area contributed by atoms with E-state index in [1.807, 2.05) is 0 Å². The molecule has 0 saturated carbocycles. The molecule has 0 aromatic carbocycles. The Kier molecular flexibility index (Phi) is 5.00. The molecule has 5 nitrogen and oxygen atoms in total. The van der Waals surface area contributed by atoms with Crippen LogP contribution in [0.5, 0.6) is 0 Å². The number of hydrogen-bond acceptors (Lipinski definition) is 5.